The summed E-state index contributed by atoms with van der Waals surface area (Å²) in [6.45, 7) is 5.52. The zero-order valence-electron chi connectivity index (χ0n) is 11.5. The van der Waals surface area contributed by atoms with Crippen LogP contribution in [0.15, 0.2) is 24.3 Å². The first-order valence-electron chi connectivity index (χ1n) is 6.79. The van der Waals surface area contributed by atoms with Crippen LogP contribution in [0.4, 0.5) is 4.39 Å². The van der Waals surface area contributed by atoms with Crippen molar-refractivity contribution in [2.24, 2.45) is 5.41 Å². The number of hydrogen-bond donors (Lipinski definition) is 2. The summed E-state index contributed by atoms with van der Waals surface area (Å²) in [5.74, 6) is -0.254. The van der Waals surface area contributed by atoms with Crippen LogP contribution in [0.1, 0.15) is 38.3 Å². The number of amides is 1. The molecule has 1 heterocycles. The first-order chi connectivity index (χ1) is 9.03. The molecule has 1 amide bonds. The maximum atomic E-state index is 13.7. The summed E-state index contributed by atoms with van der Waals surface area (Å²) in [5, 5.41) is 6.19. The number of hydrogen-bond acceptors (Lipinski definition) is 2. The highest BCUT2D eigenvalue weighted by Crippen LogP contribution is 2.29. The number of benzene rings is 1. The van der Waals surface area contributed by atoms with E-state index in [1.807, 2.05) is 13.8 Å². The summed E-state index contributed by atoms with van der Waals surface area (Å²) in [7, 11) is 0. The van der Waals surface area contributed by atoms with Crippen molar-refractivity contribution >= 4 is 5.91 Å². The van der Waals surface area contributed by atoms with Crippen molar-refractivity contribution in [3.63, 3.8) is 0 Å². The van der Waals surface area contributed by atoms with Crippen LogP contribution in [0.2, 0.25) is 0 Å². The summed E-state index contributed by atoms with van der Waals surface area (Å²) in [5.41, 5.74) is 0.193. The van der Waals surface area contributed by atoms with Gasteiger partial charge in [0.2, 0.25) is 5.91 Å². The lowest BCUT2D eigenvalue weighted by molar-refractivity contribution is -0.132. The van der Waals surface area contributed by atoms with Gasteiger partial charge in [0.1, 0.15) is 5.82 Å². The van der Waals surface area contributed by atoms with Crippen molar-refractivity contribution in [1.82, 2.24) is 10.6 Å². The zero-order valence-corrected chi connectivity index (χ0v) is 11.5. The van der Waals surface area contributed by atoms with Gasteiger partial charge in [-0.3, -0.25) is 4.79 Å². The maximum absolute atomic E-state index is 13.7. The van der Waals surface area contributed by atoms with Crippen molar-refractivity contribution < 1.29 is 9.18 Å². The summed E-state index contributed by atoms with van der Waals surface area (Å²) in [4.78, 5) is 12.4. The van der Waals surface area contributed by atoms with Gasteiger partial charge in [-0.15, -0.1) is 0 Å². The minimum absolute atomic E-state index is 0.0183. The molecule has 2 N–H and O–H groups in total. The smallest absolute Gasteiger partial charge is 0.226 e. The summed E-state index contributed by atoms with van der Waals surface area (Å²) in [6.07, 6.45) is 1.64. The van der Waals surface area contributed by atoms with Gasteiger partial charge < -0.3 is 10.6 Å². The van der Waals surface area contributed by atoms with Crippen LogP contribution in [-0.4, -0.2) is 19.0 Å². The normalized spacial score (nSPS) is 19.7. The second-order valence-corrected chi connectivity index (χ2v) is 5.53. The van der Waals surface area contributed by atoms with Gasteiger partial charge in [0, 0.05) is 11.0 Å². The van der Waals surface area contributed by atoms with Crippen LogP contribution in [0.25, 0.3) is 0 Å². The Morgan fingerprint density at radius 3 is 2.63 bits per heavy atom. The van der Waals surface area contributed by atoms with Crippen LogP contribution in [0.3, 0.4) is 0 Å². The van der Waals surface area contributed by atoms with Crippen molar-refractivity contribution in [2.45, 2.75) is 32.7 Å². The Morgan fingerprint density at radius 2 is 2.00 bits per heavy atom. The third kappa shape index (κ3) is 3.13. The van der Waals surface area contributed by atoms with Gasteiger partial charge in [0.25, 0.3) is 0 Å². The quantitative estimate of drug-likeness (QED) is 0.880. The third-order valence-electron chi connectivity index (χ3n) is 3.97. The van der Waals surface area contributed by atoms with Gasteiger partial charge in [-0.05, 0) is 38.9 Å². The molecule has 1 aromatic carbocycles. The molecule has 1 saturated heterocycles. The average Bonchev–Trinajstić information content (AvgIpc) is 2.40. The Balaban J connectivity index is 2.04. The van der Waals surface area contributed by atoms with E-state index in [-0.39, 0.29) is 23.2 Å². The van der Waals surface area contributed by atoms with Crippen molar-refractivity contribution in [3.05, 3.63) is 35.6 Å². The van der Waals surface area contributed by atoms with E-state index < -0.39 is 0 Å². The molecule has 0 bridgehead atoms. The molecule has 19 heavy (non-hydrogen) atoms. The van der Waals surface area contributed by atoms with Gasteiger partial charge in [0.05, 0.1) is 6.04 Å². The Morgan fingerprint density at radius 1 is 1.37 bits per heavy atom. The van der Waals surface area contributed by atoms with E-state index in [1.54, 1.807) is 18.2 Å². The van der Waals surface area contributed by atoms with E-state index in [0.29, 0.717) is 5.56 Å². The topological polar surface area (TPSA) is 41.1 Å². The fourth-order valence-corrected chi connectivity index (χ4v) is 2.48. The van der Waals surface area contributed by atoms with Gasteiger partial charge in [-0.1, -0.05) is 25.1 Å². The summed E-state index contributed by atoms with van der Waals surface area (Å²) < 4.78 is 13.7. The van der Waals surface area contributed by atoms with Crippen LogP contribution >= 0.6 is 0 Å². The number of carbonyl (C=O) groups is 1. The lowest BCUT2D eigenvalue weighted by Crippen LogP contribution is -2.46. The number of nitrogens with one attached hydrogen (secondary N) is 2. The van der Waals surface area contributed by atoms with E-state index in [2.05, 4.69) is 10.6 Å². The first kappa shape index (κ1) is 14.0. The number of rotatable bonds is 3. The third-order valence-corrected chi connectivity index (χ3v) is 3.97. The van der Waals surface area contributed by atoms with E-state index in [4.69, 9.17) is 0 Å². The SMILES string of the molecule is CC(NC(=O)C1(C)CCNCC1)c1ccccc1F. The monoisotopic (exact) mass is 264 g/mol. The van der Waals surface area contributed by atoms with Crippen LogP contribution in [-0.2, 0) is 4.79 Å². The standard InChI is InChI=1S/C15H21FN2O/c1-11(12-5-3-4-6-13(12)16)18-14(19)15(2)7-9-17-10-8-15/h3-6,11,17H,7-10H2,1-2H3,(H,18,19). The average molecular weight is 264 g/mol. The van der Waals surface area contributed by atoms with Gasteiger partial charge in [0.15, 0.2) is 0 Å². The second-order valence-electron chi connectivity index (χ2n) is 5.53. The molecular formula is C15H21FN2O. The number of carbonyl (C=O) groups excluding carboxylic acids is 1. The molecule has 1 aliphatic heterocycles. The lowest BCUT2D eigenvalue weighted by Gasteiger charge is -2.33. The Kier molecular flexibility index (Phi) is 4.20. The fourth-order valence-electron chi connectivity index (χ4n) is 2.48. The molecule has 3 nitrogen and oxygen atoms in total. The molecule has 1 fully saturated rings. The van der Waals surface area contributed by atoms with E-state index in [1.165, 1.54) is 6.07 Å². The molecule has 2 rings (SSSR count). The Bertz CT molecular complexity index is 455. The van der Waals surface area contributed by atoms with E-state index in [0.717, 1.165) is 25.9 Å². The number of piperidine rings is 1. The second kappa shape index (κ2) is 5.70. The predicted molar refractivity (Wildman–Crippen MR) is 73.2 cm³/mol. The highest BCUT2D eigenvalue weighted by molar-refractivity contribution is 5.82. The molecule has 1 unspecified atom stereocenters. The minimum Gasteiger partial charge on any atom is -0.349 e. The highest BCUT2D eigenvalue weighted by Gasteiger charge is 2.35. The molecule has 1 atom stereocenters. The van der Waals surface area contributed by atoms with E-state index >= 15 is 0 Å². The highest BCUT2D eigenvalue weighted by atomic mass is 19.1. The molecule has 1 aliphatic rings. The van der Waals surface area contributed by atoms with E-state index in [9.17, 15) is 9.18 Å². The van der Waals surface area contributed by atoms with Crippen molar-refractivity contribution in [1.29, 1.82) is 0 Å². The summed E-state index contributed by atoms with van der Waals surface area (Å²) in [6, 6.07) is 6.27. The molecule has 0 radical (unpaired) electrons. The molecule has 0 spiro atoms. The van der Waals surface area contributed by atoms with Crippen molar-refractivity contribution in [2.75, 3.05) is 13.1 Å². The fraction of sp³-hybridized carbons (Fsp3) is 0.533. The van der Waals surface area contributed by atoms with Gasteiger partial charge >= 0.3 is 0 Å². The molecular weight excluding hydrogens is 243 g/mol. The Labute approximate surface area is 113 Å². The molecule has 0 aliphatic carbocycles. The van der Waals surface area contributed by atoms with Crippen LogP contribution in [0.5, 0.6) is 0 Å². The lowest BCUT2D eigenvalue weighted by atomic mass is 9.80. The summed E-state index contributed by atoms with van der Waals surface area (Å²) >= 11 is 0. The predicted octanol–water partition coefficient (Wildman–Crippen LogP) is 2.39. The molecule has 0 aromatic heterocycles. The first-order valence-corrected chi connectivity index (χ1v) is 6.79. The van der Waals surface area contributed by atoms with Crippen LogP contribution in [0, 0.1) is 11.2 Å². The van der Waals surface area contributed by atoms with Gasteiger partial charge in [-0.25, -0.2) is 4.39 Å². The minimum atomic E-state index is -0.342. The molecule has 104 valence electrons. The van der Waals surface area contributed by atoms with Crippen LogP contribution < -0.4 is 10.6 Å². The number of halogens is 1. The molecule has 0 saturated carbocycles. The Hall–Kier alpha value is -1.42. The maximum Gasteiger partial charge on any atom is 0.226 e. The molecule has 4 heteroatoms. The molecule has 1 aromatic rings. The van der Waals surface area contributed by atoms with Gasteiger partial charge in [-0.2, -0.15) is 0 Å². The zero-order chi connectivity index (χ0) is 13.9. The largest absolute Gasteiger partial charge is 0.349 e. The van der Waals surface area contributed by atoms with Crippen molar-refractivity contribution in [3.8, 4) is 0 Å².